The van der Waals surface area contributed by atoms with Gasteiger partial charge in [-0.2, -0.15) is 0 Å². The lowest BCUT2D eigenvalue weighted by Gasteiger charge is -2.17. The van der Waals surface area contributed by atoms with Gasteiger partial charge in [0.2, 0.25) is 0 Å². The summed E-state index contributed by atoms with van der Waals surface area (Å²) < 4.78 is 0.694. The van der Waals surface area contributed by atoms with Crippen LogP contribution in [-0.4, -0.2) is 12.5 Å². The van der Waals surface area contributed by atoms with Crippen LogP contribution in [0.15, 0.2) is 40.9 Å². The number of hydrogen-bond acceptors (Lipinski definition) is 2. The van der Waals surface area contributed by atoms with Crippen LogP contribution in [0.4, 0.5) is 5.69 Å². The van der Waals surface area contributed by atoms with Crippen LogP contribution in [0.3, 0.4) is 0 Å². The van der Waals surface area contributed by atoms with Crippen molar-refractivity contribution in [1.29, 1.82) is 0 Å². The number of rotatable bonds is 2. The van der Waals surface area contributed by atoms with E-state index < -0.39 is 0 Å². The van der Waals surface area contributed by atoms with Crippen molar-refractivity contribution in [1.82, 2.24) is 5.32 Å². The first-order chi connectivity index (χ1) is 10.1. The molecule has 1 aliphatic rings. The standard InChI is InChI=1S/C16H14BrClN2O/c17-15-13(18)2-1-3-14(15)20-16(21)11-5-4-10-6-7-19-9-12(10)8-11/h1-5,8,19H,6-7,9H2,(H,20,21). The first-order valence-electron chi connectivity index (χ1n) is 6.73. The molecule has 0 spiro atoms. The van der Waals surface area contributed by atoms with Crippen LogP contribution >= 0.6 is 27.5 Å². The number of benzene rings is 2. The molecule has 0 saturated carbocycles. The zero-order chi connectivity index (χ0) is 14.8. The number of hydrogen-bond donors (Lipinski definition) is 2. The quantitative estimate of drug-likeness (QED) is 0.844. The van der Waals surface area contributed by atoms with Crippen molar-refractivity contribution in [2.45, 2.75) is 13.0 Å². The highest BCUT2D eigenvalue weighted by atomic mass is 79.9. The molecule has 0 aliphatic carbocycles. The van der Waals surface area contributed by atoms with Crippen LogP contribution in [-0.2, 0) is 13.0 Å². The number of carbonyl (C=O) groups is 1. The van der Waals surface area contributed by atoms with E-state index in [1.807, 2.05) is 24.3 Å². The number of amides is 1. The van der Waals surface area contributed by atoms with Crippen molar-refractivity contribution in [2.75, 3.05) is 11.9 Å². The van der Waals surface area contributed by atoms with Gasteiger partial charge in [-0.15, -0.1) is 0 Å². The van der Waals surface area contributed by atoms with Crippen molar-refractivity contribution < 1.29 is 4.79 Å². The molecule has 2 aromatic rings. The third-order valence-electron chi connectivity index (χ3n) is 3.55. The Morgan fingerprint density at radius 1 is 1.24 bits per heavy atom. The van der Waals surface area contributed by atoms with Gasteiger partial charge >= 0.3 is 0 Å². The zero-order valence-electron chi connectivity index (χ0n) is 11.2. The molecular formula is C16H14BrClN2O. The summed E-state index contributed by atoms with van der Waals surface area (Å²) in [7, 11) is 0. The van der Waals surface area contributed by atoms with E-state index in [-0.39, 0.29) is 5.91 Å². The molecule has 5 heteroatoms. The summed E-state index contributed by atoms with van der Waals surface area (Å²) >= 11 is 9.42. The van der Waals surface area contributed by atoms with E-state index in [4.69, 9.17) is 11.6 Å². The molecule has 2 N–H and O–H groups in total. The maximum atomic E-state index is 12.4. The maximum absolute atomic E-state index is 12.4. The van der Waals surface area contributed by atoms with Crippen LogP contribution in [0, 0.1) is 0 Å². The van der Waals surface area contributed by atoms with E-state index in [9.17, 15) is 4.79 Å². The fourth-order valence-corrected chi connectivity index (χ4v) is 2.95. The fourth-order valence-electron chi connectivity index (χ4n) is 2.42. The molecular weight excluding hydrogens is 352 g/mol. The number of anilines is 1. The van der Waals surface area contributed by atoms with Gasteiger partial charge < -0.3 is 10.6 Å². The summed E-state index contributed by atoms with van der Waals surface area (Å²) in [5.74, 6) is -0.133. The maximum Gasteiger partial charge on any atom is 0.255 e. The molecule has 1 amide bonds. The lowest BCUT2D eigenvalue weighted by Crippen LogP contribution is -2.24. The number of nitrogens with one attached hydrogen (secondary N) is 2. The molecule has 2 aromatic carbocycles. The molecule has 0 aromatic heterocycles. The van der Waals surface area contributed by atoms with E-state index >= 15 is 0 Å². The van der Waals surface area contributed by atoms with Gasteiger partial charge in [-0.05, 0) is 64.3 Å². The SMILES string of the molecule is O=C(Nc1cccc(Cl)c1Br)c1ccc2c(c1)CNCC2. The highest BCUT2D eigenvalue weighted by Crippen LogP contribution is 2.30. The van der Waals surface area contributed by atoms with E-state index in [0.717, 1.165) is 19.5 Å². The monoisotopic (exact) mass is 364 g/mol. The average molecular weight is 366 g/mol. The Morgan fingerprint density at radius 3 is 2.95 bits per heavy atom. The summed E-state index contributed by atoms with van der Waals surface area (Å²) in [6, 6.07) is 11.3. The second-order valence-electron chi connectivity index (χ2n) is 4.97. The molecule has 108 valence electrons. The minimum atomic E-state index is -0.133. The normalized spacial score (nSPS) is 13.6. The number of carbonyl (C=O) groups excluding carboxylic acids is 1. The predicted octanol–water partition coefficient (Wildman–Crippen LogP) is 4.00. The Hall–Kier alpha value is -1.36. The Bertz CT molecular complexity index is 703. The topological polar surface area (TPSA) is 41.1 Å². The van der Waals surface area contributed by atoms with Gasteiger partial charge in [-0.3, -0.25) is 4.79 Å². The molecule has 0 bridgehead atoms. The minimum Gasteiger partial charge on any atom is -0.321 e. The van der Waals surface area contributed by atoms with Crippen molar-refractivity contribution in [2.24, 2.45) is 0 Å². The first kappa shape index (κ1) is 14.6. The smallest absolute Gasteiger partial charge is 0.255 e. The van der Waals surface area contributed by atoms with Crippen LogP contribution in [0.25, 0.3) is 0 Å². The Balaban J connectivity index is 1.84. The van der Waals surface area contributed by atoms with E-state index in [0.29, 0.717) is 20.7 Å². The molecule has 0 unspecified atom stereocenters. The van der Waals surface area contributed by atoms with Crippen LogP contribution < -0.4 is 10.6 Å². The van der Waals surface area contributed by atoms with E-state index in [2.05, 4.69) is 26.6 Å². The van der Waals surface area contributed by atoms with Crippen LogP contribution in [0.1, 0.15) is 21.5 Å². The minimum absolute atomic E-state index is 0.133. The van der Waals surface area contributed by atoms with Gasteiger partial charge in [0.15, 0.2) is 0 Å². The molecule has 0 atom stereocenters. The van der Waals surface area contributed by atoms with Gasteiger partial charge in [0.1, 0.15) is 0 Å². The molecule has 0 saturated heterocycles. The second kappa shape index (κ2) is 6.18. The largest absolute Gasteiger partial charge is 0.321 e. The van der Waals surface area contributed by atoms with Gasteiger partial charge in [-0.1, -0.05) is 23.7 Å². The van der Waals surface area contributed by atoms with Gasteiger partial charge in [-0.25, -0.2) is 0 Å². The highest BCUT2D eigenvalue weighted by Gasteiger charge is 2.14. The Morgan fingerprint density at radius 2 is 2.10 bits per heavy atom. The van der Waals surface area contributed by atoms with Gasteiger partial charge in [0.25, 0.3) is 5.91 Å². The first-order valence-corrected chi connectivity index (χ1v) is 7.90. The van der Waals surface area contributed by atoms with E-state index in [1.54, 1.807) is 12.1 Å². The van der Waals surface area contributed by atoms with Crippen molar-refractivity contribution in [3.05, 3.63) is 62.6 Å². The Kier molecular flexibility index (Phi) is 4.29. The van der Waals surface area contributed by atoms with Crippen LogP contribution in [0.2, 0.25) is 5.02 Å². The summed E-state index contributed by atoms with van der Waals surface area (Å²) in [5, 5.41) is 6.77. The average Bonchev–Trinajstić information content (AvgIpc) is 2.51. The lowest BCUT2D eigenvalue weighted by atomic mass is 9.98. The summed E-state index contributed by atoms with van der Waals surface area (Å²) in [4.78, 5) is 12.4. The van der Waals surface area contributed by atoms with E-state index in [1.165, 1.54) is 11.1 Å². The Labute approximate surface area is 136 Å². The summed E-state index contributed by atoms with van der Waals surface area (Å²) in [6.07, 6.45) is 1.01. The number of fused-ring (bicyclic) bond motifs is 1. The summed E-state index contributed by atoms with van der Waals surface area (Å²) in [5.41, 5.74) is 3.83. The molecule has 0 radical (unpaired) electrons. The third kappa shape index (κ3) is 3.12. The summed E-state index contributed by atoms with van der Waals surface area (Å²) in [6.45, 7) is 1.81. The number of halogens is 2. The molecule has 21 heavy (non-hydrogen) atoms. The fraction of sp³-hybridized carbons (Fsp3) is 0.188. The highest BCUT2D eigenvalue weighted by molar-refractivity contribution is 9.10. The molecule has 0 fully saturated rings. The zero-order valence-corrected chi connectivity index (χ0v) is 13.6. The van der Waals surface area contributed by atoms with Crippen molar-refractivity contribution >= 4 is 39.1 Å². The van der Waals surface area contributed by atoms with Crippen molar-refractivity contribution in [3.8, 4) is 0 Å². The van der Waals surface area contributed by atoms with Gasteiger partial charge in [0, 0.05) is 12.1 Å². The second-order valence-corrected chi connectivity index (χ2v) is 6.17. The molecule has 1 aliphatic heterocycles. The molecule has 3 nitrogen and oxygen atoms in total. The third-order valence-corrected chi connectivity index (χ3v) is 4.95. The molecule has 1 heterocycles. The molecule has 3 rings (SSSR count). The predicted molar refractivity (Wildman–Crippen MR) is 89.0 cm³/mol. The van der Waals surface area contributed by atoms with Crippen LogP contribution in [0.5, 0.6) is 0 Å². The van der Waals surface area contributed by atoms with Gasteiger partial charge in [0.05, 0.1) is 15.2 Å². The lowest BCUT2D eigenvalue weighted by molar-refractivity contribution is 0.102. The van der Waals surface area contributed by atoms with Crippen molar-refractivity contribution in [3.63, 3.8) is 0 Å².